The molecule has 0 fully saturated rings. The second-order valence-corrected chi connectivity index (χ2v) is 24.0. The fourth-order valence-corrected chi connectivity index (χ4v) is 16.2. The Morgan fingerprint density at radius 1 is 0.235 bits per heavy atom. The van der Waals surface area contributed by atoms with Gasteiger partial charge in [-0.25, -0.2) is 0 Å². The molecule has 14 rings (SSSR count). The van der Waals surface area contributed by atoms with Crippen LogP contribution in [-0.2, 0) is 44.8 Å². The fraction of sp³-hybridized carbons (Fsp3) is 0.0133. The maximum Gasteiger partial charge on any atom is 3.00 e. The van der Waals surface area contributed by atoms with Gasteiger partial charge in [-0.15, -0.1) is 117 Å². The summed E-state index contributed by atoms with van der Waals surface area (Å²) in [6, 6.07) is 120. The molecule has 392 valence electrons. The van der Waals surface area contributed by atoms with E-state index < -0.39 is 15.8 Å². The summed E-state index contributed by atoms with van der Waals surface area (Å²) in [5.74, 6) is 1.17. The van der Waals surface area contributed by atoms with Crippen LogP contribution in [0.15, 0.2) is 303 Å². The first-order chi connectivity index (χ1) is 39.1. The first-order valence-electron chi connectivity index (χ1n) is 26.5. The molecule has 0 saturated heterocycles. The molecule has 14 aromatic rings. The van der Waals surface area contributed by atoms with Crippen molar-refractivity contribution < 1.29 is 44.8 Å². The van der Waals surface area contributed by atoms with E-state index in [0.717, 1.165) is 45.0 Å². The molecule has 0 bridgehead atoms. The van der Waals surface area contributed by atoms with Crippen LogP contribution in [0.2, 0.25) is 0 Å². The summed E-state index contributed by atoms with van der Waals surface area (Å²) in [5.41, 5.74) is 7.73. The van der Waals surface area contributed by atoms with Gasteiger partial charge in [-0.05, 0) is 59.8 Å². The molecule has 0 radical (unpaired) electrons. The van der Waals surface area contributed by atoms with Crippen molar-refractivity contribution in [2.45, 2.75) is 0 Å². The summed E-state index contributed by atoms with van der Waals surface area (Å²) in [5, 5.41) is 15.4. The summed E-state index contributed by atoms with van der Waals surface area (Å²) in [4.78, 5) is 9.73. The largest absolute Gasteiger partial charge is 3.00 e. The number of nitrogens with zero attached hydrogens (tertiary/aromatic N) is 2. The molecule has 2 nitrogen and oxygen atoms in total. The number of hydrogen-bond acceptors (Lipinski definition) is 2. The molecule has 0 unspecified atom stereocenters. The Hall–Kier alpha value is -7.68. The molecule has 12 aromatic carbocycles. The molecule has 0 aliphatic carbocycles. The molecule has 2 aromatic heterocycles. The van der Waals surface area contributed by atoms with Gasteiger partial charge >= 0.3 is 44.8 Å². The van der Waals surface area contributed by atoms with E-state index in [-0.39, 0.29) is 44.8 Å². The molecule has 81 heavy (non-hydrogen) atoms. The first kappa shape index (κ1) is 56.6. The van der Waals surface area contributed by atoms with Crippen LogP contribution in [0.4, 0.5) is 0 Å². The van der Waals surface area contributed by atoms with Crippen LogP contribution in [0.3, 0.4) is 0 Å². The molecule has 2 heterocycles. The molecule has 0 spiro atoms. The van der Waals surface area contributed by atoms with Crippen LogP contribution in [0.25, 0.3) is 88.1 Å². The number of pyridine rings is 2. The van der Waals surface area contributed by atoms with Crippen molar-refractivity contribution in [1.29, 1.82) is 0 Å². The van der Waals surface area contributed by atoms with Crippen molar-refractivity contribution in [2.24, 2.45) is 0 Å². The van der Waals surface area contributed by atoms with Gasteiger partial charge in [-0.3, -0.25) is 0 Å². The zero-order valence-electron chi connectivity index (χ0n) is 44.0. The monoisotopic (exact) mass is 1440 g/mol. The predicted molar refractivity (Wildman–Crippen MR) is 339 cm³/mol. The van der Waals surface area contributed by atoms with Crippen molar-refractivity contribution >= 4 is 80.2 Å². The maximum atomic E-state index is 4.86. The van der Waals surface area contributed by atoms with Crippen LogP contribution in [0, 0.1) is 24.3 Å². The van der Waals surface area contributed by atoms with Gasteiger partial charge in [-0.2, -0.15) is 0 Å². The van der Waals surface area contributed by atoms with Crippen molar-refractivity contribution in [2.75, 3.05) is 5.90 Å². The Kier molecular flexibility index (Phi) is 19.3. The van der Waals surface area contributed by atoms with Gasteiger partial charge < -0.3 is 9.97 Å². The average Bonchev–Trinajstić information content (AvgIpc) is 3.54. The van der Waals surface area contributed by atoms with Gasteiger partial charge in [-0.1, -0.05) is 276 Å². The number of rotatable bonds is 10. The second-order valence-electron chi connectivity index (χ2n) is 19.1. The Morgan fingerprint density at radius 3 is 0.679 bits per heavy atom. The third-order valence-corrected chi connectivity index (χ3v) is 19.8. The van der Waals surface area contributed by atoms with E-state index in [1.807, 2.05) is 84.9 Å². The molecule has 6 heteroatoms. The molecule has 0 saturated carbocycles. The van der Waals surface area contributed by atoms with Crippen molar-refractivity contribution in [3.05, 3.63) is 328 Å². The Labute approximate surface area is 509 Å². The quantitative estimate of drug-likeness (QED) is 0.0775. The third-order valence-electron chi connectivity index (χ3n) is 13.9. The number of fused-ring (bicyclic) bond motifs is 4. The minimum Gasteiger partial charge on any atom is -0.345 e. The van der Waals surface area contributed by atoms with Crippen molar-refractivity contribution in [3.8, 4) is 45.0 Å². The summed E-state index contributed by atoms with van der Waals surface area (Å²) >= 11 is 0. The summed E-state index contributed by atoms with van der Waals surface area (Å²) in [6.07, 6.45) is 0. The van der Waals surface area contributed by atoms with Gasteiger partial charge in [0.1, 0.15) is 0 Å². The van der Waals surface area contributed by atoms with Gasteiger partial charge in [0.15, 0.2) is 0 Å². The van der Waals surface area contributed by atoms with E-state index in [2.05, 4.69) is 243 Å². The standard InChI is InChI=1S/2C25H15N.C25H22P2.2Au/c2*1-3-8-20-16-22(14-12-18(20)6-1)24-10-5-11-25(26-24)23-15-13-19-7-2-4-9-21(19)17-23;1-5-13-22(14-6-1)26(23-15-7-2-8-16-23)21-27(24-17-9-3-10-18-24)25-19-11-4-12-20-25;;/h2*1-13,16-17H;1-20H,21H2;;/q2*-2;;2*+3. The zero-order valence-corrected chi connectivity index (χ0v) is 50.1. The summed E-state index contributed by atoms with van der Waals surface area (Å²) in [7, 11) is -0.817. The Bertz CT molecular complexity index is 3770. The van der Waals surface area contributed by atoms with Crippen LogP contribution >= 0.6 is 15.8 Å². The van der Waals surface area contributed by atoms with Crippen LogP contribution < -0.4 is 21.2 Å². The number of aromatic nitrogens is 2. The van der Waals surface area contributed by atoms with E-state index >= 15 is 0 Å². The zero-order chi connectivity index (χ0) is 53.0. The minimum atomic E-state index is -0.409. The Balaban J connectivity index is 0.000000135. The SMILES string of the molecule is [Au+3].[Au+3].[c-]1cc2ccccc2cc1-c1cccc(-c2[c-]cc3ccccc3c2)n1.[c-]1cc2ccccc2cc1-c1cccc(-c2[c-]cc3ccccc3c2)n1.c1ccc(P(CP(c2ccccc2)c2ccccc2)c2ccccc2)cc1. The number of benzene rings is 12. The van der Waals surface area contributed by atoms with Crippen LogP contribution in [0.5, 0.6) is 0 Å². The molecular formula is C75H52Au2N2P2+2. The van der Waals surface area contributed by atoms with E-state index in [1.54, 1.807) is 0 Å². The fourth-order valence-electron chi connectivity index (χ4n) is 9.76. The molecule has 0 amide bonds. The van der Waals surface area contributed by atoms with E-state index in [4.69, 9.17) is 9.97 Å². The maximum absolute atomic E-state index is 4.86. The third kappa shape index (κ3) is 13.9. The Morgan fingerprint density at radius 2 is 0.444 bits per heavy atom. The van der Waals surface area contributed by atoms with Gasteiger partial charge in [0.2, 0.25) is 0 Å². The summed E-state index contributed by atoms with van der Waals surface area (Å²) < 4.78 is 0. The molecule has 0 N–H and O–H groups in total. The molecule has 0 aliphatic rings. The summed E-state index contributed by atoms with van der Waals surface area (Å²) in [6.45, 7) is 0. The topological polar surface area (TPSA) is 25.8 Å². The predicted octanol–water partition coefficient (Wildman–Crippen LogP) is 17.8. The smallest absolute Gasteiger partial charge is 0.345 e. The average molecular weight is 1440 g/mol. The van der Waals surface area contributed by atoms with Crippen molar-refractivity contribution in [3.63, 3.8) is 0 Å². The van der Waals surface area contributed by atoms with Gasteiger partial charge in [0.25, 0.3) is 0 Å². The van der Waals surface area contributed by atoms with Gasteiger partial charge in [0, 0.05) is 5.90 Å². The minimum absolute atomic E-state index is 0. The van der Waals surface area contributed by atoms with E-state index in [1.165, 1.54) is 70.2 Å². The van der Waals surface area contributed by atoms with E-state index in [0.29, 0.717) is 0 Å². The molecule has 0 atom stereocenters. The van der Waals surface area contributed by atoms with Crippen LogP contribution in [-0.4, -0.2) is 15.9 Å². The first-order valence-corrected chi connectivity index (χ1v) is 29.5. The molecule has 0 aliphatic heterocycles. The number of hydrogen-bond donors (Lipinski definition) is 0. The molecular weight excluding hydrogens is 1380 g/mol. The van der Waals surface area contributed by atoms with Crippen LogP contribution in [0.1, 0.15) is 0 Å². The normalized spacial score (nSPS) is 10.8. The van der Waals surface area contributed by atoms with E-state index in [9.17, 15) is 0 Å². The van der Waals surface area contributed by atoms with Crippen molar-refractivity contribution in [1.82, 2.24) is 9.97 Å². The second kappa shape index (κ2) is 27.7. The van der Waals surface area contributed by atoms with Gasteiger partial charge in [0.05, 0.1) is 0 Å².